The van der Waals surface area contributed by atoms with Crippen molar-refractivity contribution in [1.29, 1.82) is 0 Å². The van der Waals surface area contributed by atoms with Crippen molar-refractivity contribution in [2.45, 2.75) is 65.4 Å². The van der Waals surface area contributed by atoms with Crippen LogP contribution >= 0.6 is 0 Å². The maximum atomic E-state index is 10.1. The smallest absolute Gasteiger partial charge is 0.0642 e. The summed E-state index contributed by atoms with van der Waals surface area (Å²) in [4.78, 5) is 0. The minimum atomic E-state index is -0.453. The van der Waals surface area contributed by atoms with Gasteiger partial charge < -0.3 is 5.11 Å². The van der Waals surface area contributed by atoms with Gasteiger partial charge in [0.25, 0.3) is 0 Å². The number of hydrogen-bond donors (Lipinski definition) is 1. The molecule has 0 aromatic carbocycles. The molecule has 0 spiro atoms. The van der Waals surface area contributed by atoms with Crippen LogP contribution in [0.1, 0.15) is 59.8 Å². The van der Waals surface area contributed by atoms with Crippen LogP contribution in [-0.4, -0.2) is 10.7 Å². The first-order chi connectivity index (χ1) is 6.42. The van der Waals surface area contributed by atoms with E-state index in [-0.39, 0.29) is 0 Å². The summed E-state index contributed by atoms with van der Waals surface area (Å²) in [5.74, 6) is 2.18. The van der Waals surface area contributed by atoms with Gasteiger partial charge in [-0.05, 0) is 43.9 Å². The van der Waals surface area contributed by atoms with Crippen molar-refractivity contribution in [1.82, 2.24) is 0 Å². The molecule has 0 amide bonds. The van der Waals surface area contributed by atoms with Gasteiger partial charge in [-0.2, -0.15) is 0 Å². The Kier molecular flexibility index (Phi) is 4.00. The number of hydrogen-bond acceptors (Lipinski definition) is 1. The molecule has 0 saturated heterocycles. The van der Waals surface area contributed by atoms with Crippen LogP contribution in [0.2, 0.25) is 0 Å². The third-order valence-corrected chi connectivity index (χ3v) is 4.11. The molecule has 0 radical (unpaired) electrons. The molecular weight excluding hydrogens is 172 g/mol. The molecule has 0 heterocycles. The zero-order chi connectivity index (χ0) is 10.8. The van der Waals surface area contributed by atoms with Gasteiger partial charge in [-0.25, -0.2) is 0 Å². The van der Waals surface area contributed by atoms with Crippen molar-refractivity contribution in [3.63, 3.8) is 0 Å². The summed E-state index contributed by atoms with van der Waals surface area (Å²) in [6.07, 6.45) is 6.36. The largest absolute Gasteiger partial charge is 0.390 e. The molecule has 1 rings (SSSR count). The molecule has 1 fully saturated rings. The van der Waals surface area contributed by atoms with Crippen LogP contribution in [0, 0.1) is 17.8 Å². The Labute approximate surface area is 88.9 Å². The van der Waals surface area contributed by atoms with Gasteiger partial charge >= 0.3 is 0 Å². The van der Waals surface area contributed by atoms with Crippen LogP contribution < -0.4 is 0 Å². The first-order valence-corrected chi connectivity index (χ1v) is 6.14. The molecule has 0 aromatic rings. The lowest BCUT2D eigenvalue weighted by Gasteiger charge is -2.28. The van der Waals surface area contributed by atoms with E-state index in [4.69, 9.17) is 0 Å². The van der Waals surface area contributed by atoms with E-state index in [0.717, 1.165) is 18.3 Å². The topological polar surface area (TPSA) is 20.2 Å². The molecule has 0 aliphatic heterocycles. The van der Waals surface area contributed by atoms with Crippen molar-refractivity contribution < 1.29 is 5.11 Å². The predicted molar refractivity (Wildman–Crippen MR) is 61.2 cm³/mol. The molecule has 0 aromatic heterocycles. The van der Waals surface area contributed by atoms with E-state index in [0.29, 0.717) is 5.92 Å². The van der Waals surface area contributed by atoms with Crippen molar-refractivity contribution in [3.05, 3.63) is 0 Å². The highest BCUT2D eigenvalue weighted by atomic mass is 16.3. The van der Waals surface area contributed by atoms with Crippen molar-refractivity contribution in [2.75, 3.05) is 0 Å². The Morgan fingerprint density at radius 1 is 1.36 bits per heavy atom. The third kappa shape index (κ3) is 3.27. The molecule has 1 N–H and O–H groups in total. The van der Waals surface area contributed by atoms with Crippen molar-refractivity contribution >= 4 is 0 Å². The highest BCUT2D eigenvalue weighted by Gasteiger charge is 2.28. The zero-order valence-electron chi connectivity index (χ0n) is 10.2. The van der Waals surface area contributed by atoms with Crippen molar-refractivity contribution in [3.8, 4) is 0 Å². The fraction of sp³-hybridized carbons (Fsp3) is 1.00. The van der Waals surface area contributed by atoms with Gasteiger partial charge in [0.2, 0.25) is 0 Å². The standard InChI is InChI=1S/C13H26O/c1-10(2)13(4,14)8-7-12-6-5-11(3)9-12/h10-12,14H,5-9H2,1-4H3. The van der Waals surface area contributed by atoms with Gasteiger partial charge in [0.15, 0.2) is 0 Å². The van der Waals surface area contributed by atoms with Gasteiger partial charge in [0, 0.05) is 0 Å². The lowest BCUT2D eigenvalue weighted by Crippen LogP contribution is -2.31. The fourth-order valence-corrected chi connectivity index (χ4v) is 2.37. The molecule has 3 unspecified atom stereocenters. The molecule has 14 heavy (non-hydrogen) atoms. The number of aliphatic hydroxyl groups is 1. The quantitative estimate of drug-likeness (QED) is 0.731. The van der Waals surface area contributed by atoms with Gasteiger partial charge in [-0.15, -0.1) is 0 Å². The maximum Gasteiger partial charge on any atom is 0.0642 e. The van der Waals surface area contributed by atoms with Crippen LogP contribution in [0.15, 0.2) is 0 Å². The first kappa shape index (κ1) is 12.0. The molecule has 1 aliphatic carbocycles. The molecule has 84 valence electrons. The van der Waals surface area contributed by atoms with Crippen LogP contribution in [0.5, 0.6) is 0 Å². The molecule has 1 nitrogen and oxygen atoms in total. The second-order valence-electron chi connectivity index (χ2n) is 5.83. The third-order valence-electron chi connectivity index (χ3n) is 4.11. The molecule has 1 heteroatoms. The first-order valence-electron chi connectivity index (χ1n) is 6.14. The summed E-state index contributed by atoms with van der Waals surface area (Å²) in [7, 11) is 0. The Morgan fingerprint density at radius 3 is 2.43 bits per heavy atom. The lowest BCUT2D eigenvalue weighted by molar-refractivity contribution is -0.0000852. The molecule has 1 saturated carbocycles. The summed E-state index contributed by atoms with van der Waals surface area (Å²) < 4.78 is 0. The van der Waals surface area contributed by atoms with Crippen LogP contribution in [0.3, 0.4) is 0 Å². The second kappa shape index (κ2) is 4.65. The summed E-state index contributed by atoms with van der Waals surface area (Å²) in [5.41, 5.74) is -0.453. The number of rotatable bonds is 4. The van der Waals surface area contributed by atoms with E-state index in [1.165, 1.54) is 25.7 Å². The van der Waals surface area contributed by atoms with Gasteiger partial charge in [0.05, 0.1) is 5.60 Å². The highest BCUT2D eigenvalue weighted by molar-refractivity contribution is 4.80. The fourth-order valence-electron chi connectivity index (χ4n) is 2.37. The monoisotopic (exact) mass is 198 g/mol. The minimum absolute atomic E-state index is 0.376. The predicted octanol–water partition coefficient (Wildman–Crippen LogP) is 3.61. The normalized spacial score (nSPS) is 32.1. The van der Waals surface area contributed by atoms with E-state index in [1.54, 1.807) is 0 Å². The molecule has 0 bridgehead atoms. The van der Waals surface area contributed by atoms with Crippen LogP contribution in [0.4, 0.5) is 0 Å². The minimum Gasteiger partial charge on any atom is -0.390 e. The lowest BCUT2D eigenvalue weighted by atomic mass is 9.85. The Balaban J connectivity index is 2.26. The van der Waals surface area contributed by atoms with Crippen LogP contribution in [-0.2, 0) is 0 Å². The molecular formula is C13H26O. The van der Waals surface area contributed by atoms with Gasteiger partial charge in [-0.3, -0.25) is 0 Å². The highest BCUT2D eigenvalue weighted by Crippen LogP contribution is 2.35. The van der Waals surface area contributed by atoms with E-state index >= 15 is 0 Å². The summed E-state index contributed by atoms with van der Waals surface area (Å²) >= 11 is 0. The average Bonchev–Trinajstić information content (AvgIpc) is 2.48. The van der Waals surface area contributed by atoms with Gasteiger partial charge in [-0.1, -0.05) is 33.6 Å². The Morgan fingerprint density at radius 2 is 2.00 bits per heavy atom. The Bertz CT molecular complexity index is 172. The molecule has 3 atom stereocenters. The zero-order valence-corrected chi connectivity index (χ0v) is 10.2. The van der Waals surface area contributed by atoms with E-state index in [2.05, 4.69) is 20.8 Å². The maximum absolute atomic E-state index is 10.1. The van der Waals surface area contributed by atoms with E-state index in [9.17, 15) is 5.11 Å². The summed E-state index contributed by atoms with van der Waals surface area (Å²) in [5, 5.41) is 10.1. The van der Waals surface area contributed by atoms with E-state index in [1.807, 2.05) is 6.92 Å². The molecule has 1 aliphatic rings. The summed E-state index contributed by atoms with van der Waals surface area (Å²) in [6.45, 7) is 8.55. The average molecular weight is 198 g/mol. The SMILES string of the molecule is CC1CCC(CCC(C)(O)C(C)C)C1. The van der Waals surface area contributed by atoms with E-state index < -0.39 is 5.60 Å². The second-order valence-corrected chi connectivity index (χ2v) is 5.83. The Hall–Kier alpha value is -0.0400. The van der Waals surface area contributed by atoms with Crippen molar-refractivity contribution in [2.24, 2.45) is 17.8 Å². The van der Waals surface area contributed by atoms with Crippen LogP contribution in [0.25, 0.3) is 0 Å². The van der Waals surface area contributed by atoms with Gasteiger partial charge in [0.1, 0.15) is 0 Å². The summed E-state index contributed by atoms with van der Waals surface area (Å²) in [6, 6.07) is 0.